The second kappa shape index (κ2) is 7.27. The number of hydrogen-bond acceptors (Lipinski definition) is 2. The Morgan fingerprint density at radius 1 is 1.27 bits per heavy atom. The molecule has 1 aromatic heterocycles. The lowest BCUT2D eigenvalue weighted by molar-refractivity contribution is 0.102. The van der Waals surface area contributed by atoms with Crippen LogP contribution in [-0.4, -0.2) is 14.0 Å². The summed E-state index contributed by atoms with van der Waals surface area (Å²) in [6, 6.07) is 11.3. The van der Waals surface area contributed by atoms with Crippen LogP contribution in [-0.2, 0) is 0 Å². The minimum absolute atomic E-state index is 0.0155. The molecule has 1 amide bonds. The Morgan fingerprint density at radius 2 is 1.95 bits per heavy atom. The summed E-state index contributed by atoms with van der Waals surface area (Å²) in [7, 11) is -1.14. The van der Waals surface area contributed by atoms with Crippen LogP contribution in [0.2, 0.25) is 25.7 Å². The number of benzene rings is 1. The molecular weight excluding hydrogens is 421 g/mol. The summed E-state index contributed by atoms with van der Waals surface area (Å²) >= 11 is 3.81. The summed E-state index contributed by atoms with van der Waals surface area (Å²) in [4.78, 5) is 12.5. The lowest BCUT2D eigenvalue weighted by Gasteiger charge is -2.23. The fourth-order valence-electron chi connectivity index (χ4n) is 2.71. The standard InChI is InChI=1S/C17H22INOSSi/c1-12(11-22(2,3)4)13-7-5-6-8-15(13)19-17(20)14-9-10-21-16(14)18/h5-10,12H,11H2,1-4H3,(H,19,20). The monoisotopic (exact) mass is 443 g/mol. The van der Waals surface area contributed by atoms with Crippen molar-refractivity contribution in [3.63, 3.8) is 0 Å². The van der Waals surface area contributed by atoms with Gasteiger partial charge < -0.3 is 5.32 Å². The fraction of sp³-hybridized carbons (Fsp3) is 0.353. The third-order valence-electron chi connectivity index (χ3n) is 3.52. The van der Waals surface area contributed by atoms with E-state index in [1.165, 1.54) is 11.6 Å². The van der Waals surface area contributed by atoms with Gasteiger partial charge in [0.2, 0.25) is 0 Å². The van der Waals surface area contributed by atoms with Gasteiger partial charge in [0, 0.05) is 13.8 Å². The first kappa shape index (κ1) is 17.7. The quantitative estimate of drug-likeness (QED) is 0.443. The van der Waals surface area contributed by atoms with E-state index in [1.54, 1.807) is 11.3 Å². The third-order valence-corrected chi connectivity index (χ3v) is 7.40. The first-order chi connectivity index (χ1) is 10.3. The summed E-state index contributed by atoms with van der Waals surface area (Å²) < 4.78 is 1.03. The summed E-state index contributed by atoms with van der Waals surface area (Å²) in [5.41, 5.74) is 2.95. The highest BCUT2D eigenvalue weighted by molar-refractivity contribution is 14.1. The molecule has 0 saturated heterocycles. The number of halogens is 1. The van der Waals surface area contributed by atoms with Crippen molar-refractivity contribution in [2.75, 3.05) is 5.32 Å². The minimum atomic E-state index is -1.14. The molecule has 5 heteroatoms. The summed E-state index contributed by atoms with van der Waals surface area (Å²) in [6.07, 6.45) is 0. The van der Waals surface area contributed by atoms with Gasteiger partial charge in [-0.25, -0.2) is 0 Å². The first-order valence-corrected chi connectivity index (χ1v) is 13.1. The Kier molecular flexibility index (Phi) is 5.85. The van der Waals surface area contributed by atoms with E-state index in [1.807, 2.05) is 23.6 Å². The number of thiophene rings is 1. The van der Waals surface area contributed by atoms with Gasteiger partial charge in [-0.15, -0.1) is 11.3 Å². The summed E-state index contributed by atoms with van der Waals surface area (Å²) in [5, 5.41) is 5.05. The lowest BCUT2D eigenvalue weighted by Crippen LogP contribution is -2.22. The second-order valence-electron chi connectivity index (χ2n) is 6.82. The average Bonchev–Trinajstić information content (AvgIpc) is 2.83. The first-order valence-electron chi connectivity index (χ1n) is 7.41. The van der Waals surface area contributed by atoms with Gasteiger partial charge in [-0.3, -0.25) is 4.79 Å². The van der Waals surface area contributed by atoms with Gasteiger partial charge in [0.1, 0.15) is 0 Å². The zero-order chi connectivity index (χ0) is 16.3. The molecule has 1 heterocycles. The lowest BCUT2D eigenvalue weighted by atomic mass is 10.0. The Bertz CT molecular complexity index is 663. The molecule has 0 aliphatic rings. The molecule has 1 aromatic carbocycles. The van der Waals surface area contributed by atoms with E-state index in [9.17, 15) is 4.79 Å². The SMILES string of the molecule is CC(C[Si](C)(C)C)c1ccccc1NC(=O)c1ccsc1I. The van der Waals surface area contributed by atoms with E-state index in [0.29, 0.717) is 5.92 Å². The highest BCUT2D eigenvalue weighted by Crippen LogP contribution is 2.31. The van der Waals surface area contributed by atoms with Gasteiger partial charge in [-0.1, -0.05) is 50.8 Å². The molecule has 118 valence electrons. The number of nitrogens with one attached hydrogen (secondary N) is 1. The maximum absolute atomic E-state index is 12.5. The Morgan fingerprint density at radius 3 is 2.55 bits per heavy atom. The zero-order valence-electron chi connectivity index (χ0n) is 13.4. The van der Waals surface area contributed by atoms with Crippen molar-refractivity contribution in [1.29, 1.82) is 0 Å². The molecule has 0 aliphatic carbocycles. The van der Waals surface area contributed by atoms with Crippen LogP contribution in [0.1, 0.15) is 28.8 Å². The fourth-order valence-corrected chi connectivity index (χ4v) is 6.25. The molecule has 1 unspecified atom stereocenters. The van der Waals surface area contributed by atoms with Crippen LogP contribution in [0.3, 0.4) is 0 Å². The van der Waals surface area contributed by atoms with Crippen molar-refractivity contribution in [3.05, 3.63) is 49.7 Å². The number of rotatable bonds is 5. The summed E-state index contributed by atoms with van der Waals surface area (Å²) in [5.74, 6) is 0.447. The van der Waals surface area contributed by atoms with E-state index in [0.717, 1.165) is 14.1 Å². The summed E-state index contributed by atoms with van der Waals surface area (Å²) in [6.45, 7) is 9.42. The normalized spacial score (nSPS) is 13.0. The molecule has 0 spiro atoms. The smallest absolute Gasteiger partial charge is 0.257 e. The van der Waals surface area contributed by atoms with E-state index < -0.39 is 8.07 Å². The maximum Gasteiger partial charge on any atom is 0.257 e. The number of anilines is 1. The predicted octanol–water partition coefficient (Wildman–Crippen LogP) is 6.05. The van der Waals surface area contributed by atoms with Crippen LogP contribution >= 0.6 is 33.9 Å². The molecule has 2 nitrogen and oxygen atoms in total. The number of hydrogen-bond donors (Lipinski definition) is 1. The van der Waals surface area contributed by atoms with Crippen molar-refractivity contribution in [3.8, 4) is 0 Å². The molecule has 0 saturated carbocycles. The second-order valence-corrected chi connectivity index (χ2v) is 15.1. The van der Waals surface area contributed by atoms with Gasteiger partial charge in [0.15, 0.2) is 0 Å². The maximum atomic E-state index is 12.5. The van der Waals surface area contributed by atoms with Crippen LogP contribution in [0.4, 0.5) is 5.69 Å². The molecule has 0 fully saturated rings. The Hall–Kier alpha value is -0.663. The number of carbonyl (C=O) groups is 1. The number of para-hydroxylation sites is 1. The van der Waals surface area contributed by atoms with Crippen molar-refractivity contribution in [2.24, 2.45) is 0 Å². The zero-order valence-corrected chi connectivity index (χ0v) is 17.4. The number of amides is 1. The molecule has 0 radical (unpaired) electrons. The van der Waals surface area contributed by atoms with Crippen LogP contribution in [0.15, 0.2) is 35.7 Å². The van der Waals surface area contributed by atoms with E-state index in [-0.39, 0.29) is 5.91 Å². The molecule has 1 atom stereocenters. The Labute approximate surface area is 151 Å². The molecular formula is C17H22INOSSi. The average molecular weight is 443 g/mol. The van der Waals surface area contributed by atoms with Gasteiger partial charge in [-0.2, -0.15) is 0 Å². The highest BCUT2D eigenvalue weighted by Gasteiger charge is 2.21. The number of carbonyl (C=O) groups excluding carboxylic acids is 1. The van der Waals surface area contributed by atoms with E-state index >= 15 is 0 Å². The van der Waals surface area contributed by atoms with Crippen molar-refractivity contribution < 1.29 is 4.79 Å². The molecule has 2 rings (SSSR count). The topological polar surface area (TPSA) is 29.1 Å². The highest BCUT2D eigenvalue weighted by atomic mass is 127. The van der Waals surface area contributed by atoms with Gasteiger partial charge >= 0.3 is 0 Å². The largest absolute Gasteiger partial charge is 0.322 e. The van der Waals surface area contributed by atoms with Crippen molar-refractivity contribution in [1.82, 2.24) is 0 Å². The van der Waals surface area contributed by atoms with E-state index in [2.05, 4.69) is 66.6 Å². The molecule has 1 N–H and O–H groups in total. The van der Waals surface area contributed by atoms with Gasteiger partial charge in [0.25, 0.3) is 5.91 Å². The molecule has 0 bridgehead atoms. The van der Waals surface area contributed by atoms with Crippen molar-refractivity contribution in [2.45, 2.75) is 38.5 Å². The van der Waals surface area contributed by atoms with Crippen molar-refractivity contribution >= 4 is 53.6 Å². The third kappa shape index (κ3) is 4.66. The molecule has 0 aliphatic heterocycles. The van der Waals surface area contributed by atoms with E-state index in [4.69, 9.17) is 0 Å². The van der Waals surface area contributed by atoms with Gasteiger partial charge in [-0.05, 0) is 51.6 Å². The van der Waals surface area contributed by atoms with Gasteiger partial charge in [0.05, 0.1) is 8.45 Å². The van der Waals surface area contributed by atoms with Crippen LogP contribution in [0, 0.1) is 2.88 Å². The Balaban J connectivity index is 2.22. The van der Waals surface area contributed by atoms with Crippen LogP contribution in [0.5, 0.6) is 0 Å². The predicted molar refractivity (Wildman–Crippen MR) is 108 cm³/mol. The molecule has 22 heavy (non-hydrogen) atoms. The van der Waals surface area contributed by atoms with Crippen LogP contribution < -0.4 is 5.32 Å². The molecule has 2 aromatic rings. The minimum Gasteiger partial charge on any atom is -0.322 e. The van der Waals surface area contributed by atoms with Crippen LogP contribution in [0.25, 0.3) is 0 Å².